The van der Waals surface area contributed by atoms with Crippen LogP contribution >= 0.6 is 23.4 Å². The van der Waals surface area contributed by atoms with Crippen LogP contribution in [0.15, 0.2) is 28.7 Å². The predicted molar refractivity (Wildman–Crippen MR) is 118 cm³/mol. The number of carbonyl (C=O) groups is 3. The van der Waals surface area contributed by atoms with Crippen LogP contribution in [0, 0.1) is 5.82 Å². The highest BCUT2D eigenvalue weighted by atomic mass is 35.5. The number of hydrogen-bond acceptors (Lipinski definition) is 4. The van der Waals surface area contributed by atoms with Crippen LogP contribution in [-0.4, -0.2) is 29.0 Å². The van der Waals surface area contributed by atoms with E-state index in [1.165, 1.54) is 0 Å². The number of nitrogens with zero attached hydrogens (tertiary/aromatic N) is 1. The van der Waals surface area contributed by atoms with Crippen molar-refractivity contribution in [1.82, 2.24) is 0 Å². The molecule has 10 heteroatoms. The van der Waals surface area contributed by atoms with Crippen LogP contribution in [0.5, 0.6) is 0 Å². The zero-order valence-electron chi connectivity index (χ0n) is 18.8. The summed E-state index contributed by atoms with van der Waals surface area (Å²) in [7, 11) is 0. The zero-order chi connectivity index (χ0) is 25.2. The molecule has 0 N–H and O–H groups in total. The first-order chi connectivity index (χ1) is 14.2. The minimum Gasteiger partial charge on any atom is -0.302 e. The number of amides is 2. The van der Waals surface area contributed by atoms with Gasteiger partial charge in [0, 0.05) is 23.5 Å². The van der Waals surface area contributed by atoms with Gasteiger partial charge in [-0.05, 0) is 32.9 Å². The van der Waals surface area contributed by atoms with Crippen LogP contribution in [0.4, 0.5) is 23.2 Å². The third kappa shape index (κ3) is 9.86. The summed E-state index contributed by atoms with van der Waals surface area (Å²) in [6.45, 7) is 12.7. The molecule has 4 nitrogen and oxygen atoms in total. The van der Waals surface area contributed by atoms with Gasteiger partial charge in [0.25, 0.3) is 5.91 Å². The number of imide groups is 1. The topological polar surface area (TPSA) is 54.5 Å². The van der Waals surface area contributed by atoms with E-state index in [0.29, 0.717) is 13.2 Å². The fourth-order valence-electron chi connectivity index (χ4n) is 1.85. The molecule has 0 atom stereocenters. The average molecular weight is 486 g/mol. The quantitative estimate of drug-likeness (QED) is 0.195. The number of rotatable bonds is 5. The van der Waals surface area contributed by atoms with E-state index in [1.54, 1.807) is 13.8 Å². The van der Waals surface area contributed by atoms with Crippen molar-refractivity contribution < 1.29 is 31.9 Å². The van der Waals surface area contributed by atoms with Crippen molar-refractivity contribution in [3.63, 3.8) is 0 Å². The molecule has 0 aliphatic carbocycles. The monoisotopic (exact) mass is 485 g/mol. The summed E-state index contributed by atoms with van der Waals surface area (Å²) < 4.78 is 51.3. The van der Waals surface area contributed by atoms with E-state index in [-0.39, 0.29) is 20.9 Å². The Morgan fingerprint density at radius 3 is 1.94 bits per heavy atom. The normalized spacial score (nSPS) is 11.5. The molecule has 31 heavy (non-hydrogen) atoms. The summed E-state index contributed by atoms with van der Waals surface area (Å²) in [6, 6.07) is 1.87. The number of allylic oxidation sites excluding steroid dienone is 1. The Balaban J connectivity index is 0. The Kier molecular flexibility index (Phi) is 13.7. The highest BCUT2D eigenvalue weighted by Crippen LogP contribution is 2.39. The van der Waals surface area contributed by atoms with Gasteiger partial charge in [0.05, 0.1) is 15.5 Å². The Hall–Kier alpha value is -1.87. The number of aldehydes is 1. The largest absolute Gasteiger partial charge is 0.412 e. The number of alkyl halides is 3. The zero-order valence-corrected chi connectivity index (χ0v) is 20.4. The molecule has 0 spiro atoms. The Morgan fingerprint density at radius 2 is 1.55 bits per heavy atom. The molecule has 0 fully saturated rings. The molecule has 0 unspecified atom stereocenters. The van der Waals surface area contributed by atoms with Crippen LogP contribution in [0.2, 0.25) is 5.02 Å². The Bertz CT molecular complexity index is 809. The van der Waals surface area contributed by atoms with Crippen LogP contribution < -0.4 is 4.90 Å². The fourth-order valence-corrected chi connectivity index (χ4v) is 3.06. The summed E-state index contributed by atoms with van der Waals surface area (Å²) in [6.07, 6.45) is -3.94. The lowest BCUT2D eigenvalue weighted by atomic mass is 10.2. The predicted octanol–water partition coefficient (Wildman–Crippen LogP) is 6.99. The van der Waals surface area contributed by atoms with Crippen LogP contribution in [0.3, 0.4) is 0 Å². The standard InChI is InChI=1S/C17H16ClF4NO3S.2C2H6/c1-9(17(20,21)22)5-15(26)23(10(2)25)13-7-14(11(18)6-12(13)19)27-16(3,4)8-24;2*1-2/h5-8H,1-4H3;2*1-2H3/b9-5+;;. The molecule has 0 heterocycles. The molecule has 0 radical (unpaired) electrons. The molecule has 0 aliphatic rings. The second-order valence-electron chi connectivity index (χ2n) is 6.08. The Labute approximate surface area is 190 Å². The second-order valence-corrected chi connectivity index (χ2v) is 8.18. The number of hydrogen-bond donors (Lipinski definition) is 0. The van der Waals surface area contributed by atoms with E-state index in [0.717, 1.165) is 30.8 Å². The second kappa shape index (κ2) is 13.5. The minimum absolute atomic E-state index is 0.0749. The molecule has 0 aromatic heterocycles. The van der Waals surface area contributed by atoms with Gasteiger partial charge in [0.2, 0.25) is 5.91 Å². The molecule has 1 aromatic rings. The van der Waals surface area contributed by atoms with Gasteiger partial charge in [-0.1, -0.05) is 39.3 Å². The lowest BCUT2D eigenvalue weighted by Gasteiger charge is -2.22. The molecule has 1 rings (SSSR count). The van der Waals surface area contributed by atoms with Crippen molar-refractivity contribution in [2.45, 2.75) is 71.2 Å². The van der Waals surface area contributed by atoms with Crippen molar-refractivity contribution in [2.75, 3.05) is 4.90 Å². The third-order valence-electron chi connectivity index (χ3n) is 3.22. The van der Waals surface area contributed by atoms with Crippen molar-refractivity contribution in [3.05, 3.63) is 34.6 Å². The van der Waals surface area contributed by atoms with Gasteiger partial charge < -0.3 is 4.79 Å². The molecule has 0 aliphatic heterocycles. The molecule has 0 saturated carbocycles. The van der Waals surface area contributed by atoms with Gasteiger partial charge >= 0.3 is 6.18 Å². The first kappa shape index (κ1) is 31.3. The van der Waals surface area contributed by atoms with Gasteiger partial charge in [-0.15, -0.1) is 11.8 Å². The van der Waals surface area contributed by atoms with Gasteiger partial charge in [-0.25, -0.2) is 9.29 Å². The van der Waals surface area contributed by atoms with E-state index in [2.05, 4.69) is 0 Å². The van der Waals surface area contributed by atoms with Gasteiger partial charge in [-0.2, -0.15) is 13.2 Å². The van der Waals surface area contributed by atoms with Crippen LogP contribution in [-0.2, 0) is 14.4 Å². The number of benzene rings is 1. The molecule has 2 amide bonds. The average Bonchev–Trinajstić information content (AvgIpc) is 2.67. The number of halogens is 5. The molecule has 0 bridgehead atoms. The van der Waals surface area contributed by atoms with Crippen molar-refractivity contribution in [2.24, 2.45) is 0 Å². The summed E-state index contributed by atoms with van der Waals surface area (Å²) in [5, 5.41) is -0.0749. The SMILES string of the molecule is CC.CC.CC(=O)N(C(=O)/C=C(\C)C(F)(F)F)c1cc(SC(C)(C)C=O)c(Cl)cc1F. The van der Waals surface area contributed by atoms with Gasteiger partial charge in [0.15, 0.2) is 0 Å². The van der Waals surface area contributed by atoms with E-state index >= 15 is 0 Å². The molecule has 0 saturated heterocycles. The lowest BCUT2D eigenvalue weighted by molar-refractivity contribution is -0.123. The number of anilines is 1. The van der Waals surface area contributed by atoms with E-state index < -0.39 is 39.8 Å². The van der Waals surface area contributed by atoms with Crippen molar-refractivity contribution >= 4 is 47.2 Å². The maximum Gasteiger partial charge on any atom is 0.412 e. The summed E-state index contributed by atoms with van der Waals surface area (Å²) >= 11 is 6.89. The maximum absolute atomic E-state index is 14.3. The third-order valence-corrected chi connectivity index (χ3v) is 4.83. The fraction of sp³-hybridized carbons (Fsp3) is 0.476. The number of thioether (sulfide) groups is 1. The summed E-state index contributed by atoms with van der Waals surface area (Å²) in [4.78, 5) is 35.6. The number of carbonyl (C=O) groups excluding carboxylic acids is 3. The first-order valence-electron chi connectivity index (χ1n) is 9.44. The maximum atomic E-state index is 14.3. The van der Waals surface area contributed by atoms with E-state index in [4.69, 9.17) is 11.6 Å². The van der Waals surface area contributed by atoms with Crippen LogP contribution in [0.25, 0.3) is 0 Å². The van der Waals surface area contributed by atoms with E-state index in [9.17, 15) is 31.9 Å². The van der Waals surface area contributed by atoms with Crippen molar-refractivity contribution in [1.29, 1.82) is 0 Å². The highest BCUT2D eigenvalue weighted by molar-refractivity contribution is 8.01. The highest BCUT2D eigenvalue weighted by Gasteiger charge is 2.32. The summed E-state index contributed by atoms with van der Waals surface area (Å²) in [5.41, 5.74) is -1.81. The molecule has 176 valence electrons. The van der Waals surface area contributed by atoms with Crippen molar-refractivity contribution in [3.8, 4) is 0 Å². The van der Waals surface area contributed by atoms with E-state index in [1.807, 2.05) is 27.7 Å². The van der Waals surface area contributed by atoms with Crippen LogP contribution in [0.1, 0.15) is 55.4 Å². The minimum atomic E-state index is -4.77. The summed E-state index contributed by atoms with van der Waals surface area (Å²) in [5.74, 6) is -3.42. The first-order valence-corrected chi connectivity index (χ1v) is 10.6. The molecular weight excluding hydrogens is 458 g/mol. The lowest BCUT2D eigenvalue weighted by Crippen LogP contribution is -2.35. The molecular formula is C21H28ClF4NO3S. The van der Waals surface area contributed by atoms with Gasteiger partial charge in [-0.3, -0.25) is 9.59 Å². The Morgan fingerprint density at radius 1 is 1.06 bits per heavy atom. The smallest absolute Gasteiger partial charge is 0.302 e. The molecule has 1 aromatic carbocycles. The van der Waals surface area contributed by atoms with Gasteiger partial charge in [0.1, 0.15) is 12.1 Å².